The minimum Gasteiger partial charge on any atom is -0.349 e. The van der Waals surface area contributed by atoms with Crippen molar-refractivity contribution in [3.63, 3.8) is 0 Å². The van der Waals surface area contributed by atoms with E-state index in [4.69, 9.17) is 0 Å². The first-order valence-electron chi connectivity index (χ1n) is 11.9. The van der Waals surface area contributed by atoms with Gasteiger partial charge < -0.3 is 5.32 Å². The third-order valence-electron chi connectivity index (χ3n) is 7.07. The summed E-state index contributed by atoms with van der Waals surface area (Å²) >= 11 is 1.82. The summed E-state index contributed by atoms with van der Waals surface area (Å²) in [5.41, 5.74) is 2.70. The molecule has 1 fully saturated rings. The van der Waals surface area contributed by atoms with E-state index in [1.54, 1.807) is 0 Å². The Bertz CT molecular complexity index is 615. The zero-order valence-corrected chi connectivity index (χ0v) is 19.3. The van der Waals surface area contributed by atoms with Gasteiger partial charge in [0.05, 0.1) is 5.56 Å². The van der Waals surface area contributed by atoms with Crippen LogP contribution < -0.4 is 5.32 Å². The summed E-state index contributed by atoms with van der Waals surface area (Å²) in [5.74, 6) is 0.935. The van der Waals surface area contributed by atoms with E-state index < -0.39 is 0 Å². The lowest BCUT2D eigenvalue weighted by Crippen LogP contribution is -2.35. The van der Waals surface area contributed by atoms with Crippen molar-refractivity contribution in [1.29, 1.82) is 0 Å². The van der Waals surface area contributed by atoms with Crippen molar-refractivity contribution < 1.29 is 4.79 Å². The summed E-state index contributed by atoms with van der Waals surface area (Å²) < 4.78 is 0. The number of thiophene rings is 1. The molecule has 0 spiro atoms. The van der Waals surface area contributed by atoms with Crippen molar-refractivity contribution >= 4 is 17.2 Å². The van der Waals surface area contributed by atoms with Gasteiger partial charge in [0.1, 0.15) is 0 Å². The van der Waals surface area contributed by atoms with Crippen molar-refractivity contribution in [3.8, 4) is 0 Å². The van der Waals surface area contributed by atoms with Gasteiger partial charge in [0.25, 0.3) is 5.91 Å². The zero-order chi connectivity index (χ0) is 20.0. The van der Waals surface area contributed by atoms with Crippen LogP contribution >= 0.6 is 11.3 Å². The van der Waals surface area contributed by atoms with Gasteiger partial charge in [-0.3, -0.25) is 4.79 Å². The molecule has 0 radical (unpaired) electrons. The van der Waals surface area contributed by atoms with Gasteiger partial charge in [-0.2, -0.15) is 0 Å². The Hall–Kier alpha value is -0.830. The molecule has 2 aliphatic rings. The molecule has 0 aromatic carbocycles. The summed E-state index contributed by atoms with van der Waals surface area (Å²) in [7, 11) is 0. The number of fused-ring (bicyclic) bond motifs is 1. The van der Waals surface area contributed by atoms with Crippen LogP contribution in [0, 0.1) is 11.3 Å². The van der Waals surface area contributed by atoms with Crippen molar-refractivity contribution in [3.05, 3.63) is 21.4 Å². The van der Waals surface area contributed by atoms with Gasteiger partial charge >= 0.3 is 0 Å². The quantitative estimate of drug-likeness (QED) is 0.551. The molecule has 1 amide bonds. The molecule has 1 saturated carbocycles. The number of amides is 1. The highest BCUT2D eigenvalue weighted by Gasteiger charge is 2.31. The number of carbonyl (C=O) groups is 1. The molecule has 1 atom stereocenters. The molecule has 1 aromatic heterocycles. The summed E-state index contributed by atoms with van der Waals surface area (Å²) in [5, 5.41) is 5.57. The number of nitrogens with one attached hydrogen (secondary N) is 1. The summed E-state index contributed by atoms with van der Waals surface area (Å²) in [4.78, 5) is 14.6. The topological polar surface area (TPSA) is 29.1 Å². The van der Waals surface area contributed by atoms with Gasteiger partial charge in [-0.15, -0.1) is 11.3 Å². The Morgan fingerprint density at radius 1 is 0.929 bits per heavy atom. The van der Waals surface area contributed by atoms with Crippen molar-refractivity contribution in [2.75, 3.05) is 0 Å². The van der Waals surface area contributed by atoms with Crippen LogP contribution in [0.25, 0.3) is 0 Å². The van der Waals surface area contributed by atoms with Crippen LogP contribution in [0.2, 0.25) is 0 Å². The van der Waals surface area contributed by atoms with Crippen molar-refractivity contribution in [2.45, 2.75) is 117 Å². The smallest absolute Gasteiger partial charge is 0.252 e. The molecule has 3 heteroatoms. The van der Waals surface area contributed by atoms with Crippen LogP contribution in [-0.4, -0.2) is 11.9 Å². The SMILES string of the molecule is CC(C)(C)C1CCc2c(C(=O)NC3CCCCCCCCCCC3)csc2C1. The van der Waals surface area contributed by atoms with E-state index in [1.165, 1.54) is 74.6 Å². The fraction of sp³-hybridized carbons (Fsp3) is 0.800. The molecule has 1 aromatic rings. The molecule has 1 N–H and O–H groups in total. The second-order valence-electron chi connectivity index (χ2n) is 10.3. The van der Waals surface area contributed by atoms with E-state index in [1.807, 2.05) is 11.3 Å². The van der Waals surface area contributed by atoms with Gasteiger partial charge in [0, 0.05) is 16.3 Å². The summed E-state index contributed by atoms with van der Waals surface area (Å²) in [6, 6.07) is 0.369. The Morgan fingerprint density at radius 3 is 2.07 bits per heavy atom. The van der Waals surface area contributed by atoms with Crippen LogP contribution in [0.5, 0.6) is 0 Å². The van der Waals surface area contributed by atoms with E-state index >= 15 is 0 Å². The molecule has 0 bridgehead atoms. The molecule has 158 valence electrons. The number of hydrogen-bond donors (Lipinski definition) is 1. The highest BCUT2D eigenvalue weighted by Crippen LogP contribution is 2.40. The van der Waals surface area contributed by atoms with Gasteiger partial charge in [0.15, 0.2) is 0 Å². The number of rotatable bonds is 2. The Labute approximate surface area is 176 Å². The van der Waals surface area contributed by atoms with E-state index in [2.05, 4.69) is 31.5 Å². The van der Waals surface area contributed by atoms with E-state index in [0.717, 1.165) is 37.2 Å². The maximum atomic E-state index is 13.1. The largest absolute Gasteiger partial charge is 0.349 e. The zero-order valence-electron chi connectivity index (χ0n) is 18.4. The molecular weight excluding hydrogens is 362 g/mol. The summed E-state index contributed by atoms with van der Waals surface area (Å²) in [6.07, 6.45) is 17.9. The van der Waals surface area contributed by atoms with Crippen LogP contribution in [0.15, 0.2) is 5.38 Å². The predicted octanol–water partition coefficient (Wildman–Crippen LogP) is 7.30. The first kappa shape index (κ1) is 21.9. The molecule has 2 aliphatic carbocycles. The van der Waals surface area contributed by atoms with Crippen LogP contribution in [0.1, 0.15) is 119 Å². The van der Waals surface area contributed by atoms with Crippen molar-refractivity contribution in [1.82, 2.24) is 5.32 Å². The normalized spacial score (nSPS) is 23.3. The van der Waals surface area contributed by atoms with Crippen LogP contribution in [0.4, 0.5) is 0 Å². The second kappa shape index (κ2) is 10.3. The molecule has 1 unspecified atom stereocenters. The minimum absolute atomic E-state index is 0.198. The van der Waals surface area contributed by atoms with Crippen LogP contribution in [0.3, 0.4) is 0 Å². The minimum atomic E-state index is 0.198. The fourth-order valence-corrected chi connectivity index (χ4v) is 6.17. The molecule has 0 saturated heterocycles. The van der Waals surface area contributed by atoms with Crippen molar-refractivity contribution in [2.24, 2.45) is 11.3 Å². The standard InChI is InChI=1S/C25H41NOS/c1-25(2,3)19-15-16-21-22(18-28-23(21)17-19)24(27)26-20-13-11-9-7-5-4-6-8-10-12-14-20/h18-20H,4-17H2,1-3H3,(H,26,27). The highest BCUT2D eigenvalue weighted by molar-refractivity contribution is 7.10. The van der Waals surface area contributed by atoms with E-state index in [-0.39, 0.29) is 5.91 Å². The molecular formula is C25H41NOS. The summed E-state index contributed by atoms with van der Waals surface area (Å²) in [6.45, 7) is 7.06. The third kappa shape index (κ3) is 6.08. The molecule has 3 rings (SSSR count). The predicted molar refractivity (Wildman–Crippen MR) is 121 cm³/mol. The molecule has 0 aliphatic heterocycles. The molecule has 28 heavy (non-hydrogen) atoms. The van der Waals surface area contributed by atoms with Crippen LogP contribution in [-0.2, 0) is 12.8 Å². The lowest BCUT2D eigenvalue weighted by molar-refractivity contribution is 0.0930. The Kier molecular flexibility index (Phi) is 8.02. The fourth-order valence-electron chi connectivity index (χ4n) is 5.01. The first-order chi connectivity index (χ1) is 13.4. The number of hydrogen-bond acceptors (Lipinski definition) is 2. The highest BCUT2D eigenvalue weighted by atomic mass is 32.1. The lowest BCUT2D eigenvalue weighted by Gasteiger charge is -2.34. The van der Waals surface area contributed by atoms with E-state index in [0.29, 0.717) is 11.5 Å². The third-order valence-corrected chi connectivity index (χ3v) is 8.12. The van der Waals surface area contributed by atoms with E-state index in [9.17, 15) is 4.79 Å². The average molecular weight is 404 g/mol. The lowest BCUT2D eigenvalue weighted by atomic mass is 9.72. The van der Waals surface area contributed by atoms with Gasteiger partial charge in [0.2, 0.25) is 0 Å². The maximum Gasteiger partial charge on any atom is 0.252 e. The van der Waals surface area contributed by atoms with Gasteiger partial charge in [-0.1, -0.05) is 78.6 Å². The average Bonchev–Trinajstić information content (AvgIpc) is 3.06. The Morgan fingerprint density at radius 2 is 1.50 bits per heavy atom. The first-order valence-corrected chi connectivity index (χ1v) is 12.7. The maximum absolute atomic E-state index is 13.1. The van der Waals surface area contributed by atoms with Gasteiger partial charge in [-0.05, 0) is 49.0 Å². The Balaban J connectivity index is 1.60. The number of carbonyl (C=O) groups excluding carboxylic acids is 1. The van der Waals surface area contributed by atoms with Gasteiger partial charge in [-0.25, -0.2) is 0 Å². The molecule has 2 nitrogen and oxygen atoms in total. The molecule has 1 heterocycles. The second-order valence-corrected chi connectivity index (χ2v) is 11.3. The monoisotopic (exact) mass is 403 g/mol.